The molecule has 1 N–H and O–H groups in total. The zero-order valence-electron chi connectivity index (χ0n) is 11.5. The van der Waals surface area contributed by atoms with Crippen LogP contribution in [-0.2, 0) is 6.54 Å². The number of nitrogens with zero attached hydrogens (tertiary/aromatic N) is 2. The minimum Gasteiger partial charge on any atom is -0.310 e. The van der Waals surface area contributed by atoms with Gasteiger partial charge in [0.25, 0.3) is 0 Å². The molecular weight excluding hydrogens is 374 g/mol. The molecule has 7 heteroatoms. The first-order valence-corrected chi connectivity index (χ1v) is 9.80. The molecular formula is C13H16BrN3S3. The van der Waals surface area contributed by atoms with Crippen molar-refractivity contribution < 1.29 is 0 Å². The first-order valence-electron chi connectivity index (χ1n) is 6.15. The lowest BCUT2D eigenvalue weighted by atomic mass is 10.2. The van der Waals surface area contributed by atoms with Crippen LogP contribution < -0.4 is 5.32 Å². The molecule has 0 amide bonds. The summed E-state index contributed by atoms with van der Waals surface area (Å²) in [5.74, 6) is 0. The third-order valence-electron chi connectivity index (χ3n) is 2.49. The maximum atomic E-state index is 4.22. The van der Waals surface area contributed by atoms with Gasteiger partial charge in [0, 0.05) is 22.0 Å². The van der Waals surface area contributed by atoms with Gasteiger partial charge in [-0.25, -0.2) is 0 Å². The van der Waals surface area contributed by atoms with Gasteiger partial charge < -0.3 is 5.32 Å². The number of hydrogen-bond donors (Lipinski definition) is 1. The molecule has 0 aliphatic heterocycles. The molecule has 0 bridgehead atoms. The Kier molecular flexibility index (Phi) is 6.35. The molecule has 2 aromatic rings. The summed E-state index contributed by atoms with van der Waals surface area (Å²) in [5.41, 5.74) is 1.29. The lowest BCUT2D eigenvalue weighted by Gasteiger charge is -2.11. The van der Waals surface area contributed by atoms with Gasteiger partial charge in [-0.2, -0.15) is 0 Å². The fraction of sp³-hybridized carbons (Fsp3) is 0.385. The molecule has 1 aromatic carbocycles. The highest BCUT2D eigenvalue weighted by Crippen LogP contribution is 2.35. The van der Waals surface area contributed by atoms with E-state index in [2.05, 4.69) is 63.5 Å². The topological polar surface area (TPSA) is 37.8 Å². The molecule has 3 nitrogen and oxygen atoms in total. The molecule has 0 fully saturated rings. The number of halogens is 1. The molecule has 0 atom stereocenters. The van der Waals surface area contributed by atoms with E-state index >= 15 is 0 Å². The molecule has 20 heavy (non-hydrogen) atoms. The second-order valence-electron chi connectivity index (χ2n) is 4.43. The number of benzene rings is 1. The number of nitrogens with one attached hydrogen (secondary N) is 1. The maximum Gasteiger partial charge on any atom is 0.179 e. The van der Waals surface area contributed by atoms with Gasteiger partial charge in [0.15, 0.2) is 8.68 Å². The van der Waals surface area contributed by atoms with Crippen LogP contribution in [0.25, 0.3) is 0 Å². The fourth-order valence-electron chi connectivity index (χ4n) is 1.50. The summed E-state index contributed by atoms with van der Waals surface area (Å²) in [6.45, 7) is 5.17. The zero-order chi connectivity index (χ0) is 14.5. The Labute approximate surface area is 140 Å². The predicted molar refractivity (Wildman–Crippen MR) is 91.9 cm³/mol. The molecule has 1 heterocycles. The quantitative estimate of drug-likeness (QED) is 0.726. The van der Waals surface area contributed by atoms with E-state index in [1.165, 1.54) is 10.5 Å². The van der Waals surface area contributed by atoms with Crippen molar-refractivity contribution >= 4 is 50.8 Å². The molecule has 0 aliphatic rings. The molecule has 108 valence electrons. The van der Waals surface area contributed by atoms with E-state index in [4.69, 9.17) is 0 Å². The minimum absolute atomic E-state index is 0.473. The van der Waals surface area contributed by atoms with Crippen LogP contribution in [0.15, 0.2) is 36.2 Å². The van der Waals surface area contributed by atoms with Crippen molar-refractivity contribution in [1.29, 1.82) is 0 Å². The highest BCUT2D eigenvalue weighted by Gasteiger charge is 2.10. The van der Waals surface area contributed by atoms with Crippen molar-refractivity contribution in [2.24, 2.45) is 0 Å². The smallest absolute Gasteiger partial charge is 0.179 e. The van der Waals surface area contributed by atoms with Gasteiger partial charge in [-0.05, 0) is 24.0 Å². The fourth-order valence-corrected chi connectivity index (χ4v) is 4.57. The summed E-state index contributed by atoms with van der Waals surface area (Å²) >= 11 is 8.48. The Morgan fingerprint density at radius 1 is 1.30 bits per heavy atom. The van der Waals surface area contributed by atoms with Crippen LogP contribution in [0.3, 0.4) is 0 Å². The van der Waals surface area contributed by atoms with E-state index < -0.39 is 0 Å². The Balaban J connectivity index is 2.17. The van der Waals surface area contributed by atoms with Gasteiger partial charge in [0.05, 0.1) is 0 Å². The first kappa shape index (κ1) is 16.3. The van der Waals surface area contributed by atoms with Crippen LogP contribution in [0.4, 0.5) is 0 Å². The third kappa shape index (κ3) is 4.73. The molecule has 0 radical (unpaired) electrons. The van der Waals surface area contributed by atoms with E-state index in [1.807, 2.05) is 6.26 Å². The van der Waals surface area contributed by atoms with Crippen LogP contribution in [-0.4, -0.2) is 22.5 Å². The molecule has 0 saturated carbocycles. The molecule has 0 aliphatic carbocycles. The van der Waals surface area contributed by atoms with Crippen LogP contribution in [0.2, 0.25) is 0 Å². The van der Waals surface area contributed by atoms with Crippen molar-refractivity contribution in [2.75, 3.05) is 6.26 Å². The lowest BCUT2D eigenvalue weighted by Crippen LogP contribution is -2.22. The highest BCUT2D eigenvalue weighted by atomic mass is 79.9. The largest absolute Gasteiger partial charge is 0.310 e. The van der Waals surface area contributed by atoms with Gasteiger partial charge in [-0.15, -0.1) is 10.2 Å². The summed E-state index contributed by atoms with van der Waals surface area (Å²) in [6.07, 6.45) is 2.02. The van der Waals surface area contributed by atoms with Crippen molar-refractivity contribution in [3.8, 4) is 0 Å². The van der Waals surface area contributed by atoms with Crippen molar-refractivity contribution in [3.63, 3.8) is 0 Å². The van der Waals surface area contributed by atoms with Crippen LogP contribution in [0.5, 0.6) is 0 Å². The monoisotopic (exact) mass is 389 g/mol. The molecule has 1 aromatic heterocycles. The van der Waals surface area contributed by atoms with Crippen molar-refractivity contribution in [2.45, 2.75) is 40.0 Å². The highest BCUT2D eigenvalue weighted by molar-refractivity contribution is 9.10. The van der Waals surface area contributed by atoms with Crippen molar-refractivity contribution in [3.05, 3.63) is 28.2 Å². The average Bonchev–Trinajstić information content (AvgIpc) is 2.85. The Bertz CT molecular complexity index is 572. The zero-order valence-corrected chi connectivity index (χ0v) is 15.5. The van der Waals surface area contributed by atoms with Crippen molar-refractivity contribution in [1.82, 2.24) is 15.5 Å². The summed E-state index contributed by atoms with van der Waals surface area (Å²) in [7, 11) is 0. The standard InChI is InChI=1S/C13H16BrN3S3/c1-8(2)15-7-9-4-5-10(14)6-11(9)19-13-17-16-12(18-3)20-13/h4-6,8,15H,7H2,1-3H3. The Morgan fingerprint density at radius 3 is 2.70 bits per heavy atom. The third-order valence-corrected chi connectivity index (χ3v) is 6.03. The first-order chi connectivity index (χ1) is 9.58. The Hall–Kier alpha value is -0.0800. The summed E-state index contributed by atoms with van der Waals surface area (Å²) < 4.78 is 3.07. The van der Waals surface area contributed by atoms with E-state index in [0.29, 0.717) is 6.04 Å². The van der Waals surface area contributed by atoms with E-state index in [-0.39, 0.29) is 0 Å². The summed E-state index contributed by atoms with van der Waals surface area (Å²) in [5, 5.41) is 11.8. The number of hydrogen-bond acceptors (Lipinski definition) is 6. The van der Waals surface area contributed by atoms with Crippen LogP contribution in [0, 0.1) is 0 Å². The van der Waals surface area contributed by atoms with Gasteiger partial charge in [0.2, 0.25) is 0 Å². The minimum atomic E-state index is 0.473. The molecule has 0 saturated heterocycles. The summed E-state index contributed by atoms with van der Waals surface area (Å²) in [4.78, 5) is 1.22. The van der Waals surface area contributed by atoms with Crippen LogP contribution >= 0.6 is 50.8 Å². The second-order valence-corrected chi connectivity index (χ2v) is 8.66. The summed E-state index contributed by atoms with van der Waals surface area (Å²) in [6, 6.07) is 6.84. The number of thioether (sulfide) groups is 1. The van der Waals surface area contributed by atoms with Gasteiger partial charge in [0.1, 0.15) is 0 Å². The number of aromatic nitrogens is 2. The number of rotatable bonds is 6. The molecule has 0 spiro atoms. The maximum absolute atomic E-state index is 4.22. The predicted octanol–water partition coefficient (Wildman–Crippen LogP) is 4.67. The molecule has 0 unspecified atom stereocenters. The SMILES string of the molecule is CSc1nnc(Sc2cc(Br)ccc2CNC(C)C)s1. The van der Waals surface area contributed by atoms with Crippen LogP contribution in [0.1, 0.15) is 19.4 Å². The van der Waals surface area contributed by atoms with Gasteiger partial charge in [-0.3, -0.25) is 0 Å². The normalized spacial score (nSPS) is 11.2. The van der Waals surface area contributed by atoms with Gasteiger partial charge >= 0.3 is 0 Å². The van der Waals surface area contributed by atoms with E-state index in [9.17, 15) is 0 Å². The second kappa shape index (κ2) is 7.79. The van der Waals surface area contributed by atoms with E-state index in [1.54, 1.807) is 34.9 Å². The molecule has 2 rings (SSSR count). The van der Waals surface area contributed by atoms with E-state index in [0.717, 1.165) is 19.7 Å². The lowest BCUT2D eigenvalue weighted by molar-refractivity contribution is 0.584. The average molecular weight is 390 g/mol. The Morgan fingerprint density at radius 2 is 2.05 bits per heavy atom. The van der Waals surface area contributed by atoms with Gasteiger partial charge in [-0.1, -0.05) is 70.7 Å².